The zero-order valence-corrected chi connectivity index (χ0v) is 15.7. The van der Waals surface area contributed by atoms with Crippen molar-refractivity contribution < 1.29 is 4.74 Å². The monoisotopic (exact) mass is 316 g/mol. The summed E-state index contributed by atoms with van der Waals surface area (Å²) in [6.45, 7) is 16.9. The zero-order chi connectivity index (χ0) is 17.3. The van der Waals surface area contributed by atoms with Gasteiger partial charge in [-0.05, 0) is 65.2 Å². The van der Waals surface area contributed by atoms with Crippen LogP contribution < -0.4 is 15.4 Å². The Morgan fingerprint density at radius 2 is 1.74 bits per heavy atom. The summed E-state index contributed by atoms with van der Waals surface area (Å²) in [6, 6.07) is 6.57. The summed E-state index contributed by atoms with van der Waals surface area (Å²) in [5.41, 5.74) is 3.93. The van der Waals surface area contributed by atoms with E-state index >= 15 is 0 Å². The Bertz CT molecular complexity index is 567. The third kappa shape index (κ3) is 4.58. The van der Waals surface area contributed by atoms with Crippen LogP contribution in [-0.4, -0.2) is 30.3 Å². The first kappa shape index (κ1) is 18.0. The van der Waals surface area contributed by atoms with Gasteiger partial charge >= 0.3 is 0 Å². The van der Waals surface area contributed by atoms with Gasteiger partial charge in [-0.2, -0.15) is 0 Å². The van der Waals surface area contributed by atoms with Crippen molar-refractivity contribution in [3.8, 4) is 5.75 Å². The summed E-state index contributed by atoms with van der Waals surface area (Å²) in [4.78, 5) is 0. The van der Waals surface area contributed by atoms with Gasteiger partial charge in [0, 0.05) is 23.7 Å². The topological polar surface area (TPSA) is 33.3 Å². The normalized spacial score (nSPS) is 20.2. The average Bonchev–Trinajstić information content (AvgIpc) is 2.63. The summed E-state index contributed by atoms with van der Waals surface area (Å²) in [5, 5.41) is 7.25. The van der Waals surface area contributed by atoms with E-state index in [0.717, 1.165) is 12.3 Å². The van der Waals surface area contributed by atoms with Crippen LogP contribution in [0.15, 0.2) is 29.8 Å². The second-order valence-electron chi connectivity index (χ2n) is 7.96. The molecule has 0 spiro atoms. The van der Waals surface area contributed by atoms with E-state index in [1.54, 1.807) is 0 Å². The minimum atomic E-state index is 0.0453. The van der Waals surface area contributed by atoms with Gasteiger partial charge in [0.1, 0.15) is 12.4 Å². The van der Waals surface area contributed by atoms with Gasteiger partial charge in [0.05, 0.1) is 0 Å². The Morgan fingerprint density at radius 1 is 1.13 bits per heavy atom. The molecule has 1 aliphatic rings. The fraction of sp³-hybridized carbons (Fsp3) is 0.600. The standard InChI is InChI=1S/C20H32N2O/c1-14-9-8-10-15(2)18(14)23-13-16(3)21-12-17-11-19(4,5)22-20(17,6)7/h8-11,16,21-22H,12-13H2,1-7H3. The van der Waals surface area contributed by atoms with Crippen molar-refractivity contribution in [2.45, 2.75) is 65.6 Å². The predicted octanol–water partition coefficient (Wildman–Crippen LogP) is 3.75. The molecule has 1 aliphatic heterocycles. The molecule has 1 aromatic rings. The van der Waals surface area contributed by atoms with Crippen LogP contribution in [0.4, 0.5) is 0 Å². The quantitative estimate of drug-likeness (QED) is 0.784. The van der Waals surface area contributed by atoms with Gasteiger partial charge < -0.3 is 10.1 Å². The molecular weight excluding hydrogens is 284 g/mol. The van der Waals surface area contributed by atoms with Crippen molar-refractivity contribution in [3.05, 3.63) is 41.0 Å². The molecule has 0 saturated heterocycles. The highest BCUT2D eigenvalue weighted by atomic mass is 16.5. The van der Waals surface area contributed by atoms with Crippen LogP contribution >= 0.6 is 0 Å². The number of ether oxygens (including phenoxy) is 1. The van der Waals surface area contributed by atoms with Crippen molar-refractivity contribution in [3.63, 3.8) is 0 Å². The van der Waals surface area contributed by atoms with Gasteiger partial charge in [-0.3, -0.25) is 5.32 Å². The second kappa shape index (κ2) is 6.66. The van der Waals surface area contributed by atoms with Crippen LogP contribution in [-0.2, 0) is 0 Å². The number of nitrogens with one attached hydrogen (secondary N) is 2. The number of hydrogen-bond donors (Lipinski definition) is 2. The smallest absolute Gasteiger partial charge is 0.125 e. The SMILES string of the molecule is Cc1cccc(C)c1OCC(C)NCC1=CC(C)(C)NC1(C)C. The Morgan fingerprint density at radius 3 is 2.26 bits per heavy atom. The minimum Gasteiger partial charge on any atom is -0.491 e. The molecule has 23 heavy (non-hydrogen) atoms. The highest BCUT2D eigenvalue weighted by molar-refractivity contribution is 5.39. The highest BCUT2D eigenvalue weighted by Crippen LogP contribution is 2.29. The molecular formula is C20H32N2O. The molecule has 0 fully saturated rings. The van der Waals surface area contributed by atoms with Gasteiger partial charge in [-0.1, -0.05) is 24.3 Å². The molecule has 0 radical (unpaired) electrons. The fourth-order valence-electron chi connectivity index (χ4n) is 3.39. The fourth-order valence-corrected chi connectivity index (χ4v) is 3.39. The highest BCUT2D eigenvalue weighted by Gasteiger charge is 2.36. The molecule has 128 valence electrons. The summed E-state index contributed by atoms with van der Waals surface area (Å²) < 4.78 is 6.04. The van der Waals surface area contributed by atoms with Gasteiger partial charge in [-0.15, -0.1) is 0 Å². The minimum absolute atomic E-state index is 0.0453. The van der Waals surface area contributed by atoms with Crippen molar-refractivity contribution in [1.29, 1.82) is 0 Å². The molecule has 1 atom stereocenters. The molecule has 0 aliphatic carbocycles. The molecule has 3 heteroatoms. The van der Waals surface area contributed by atoms with E-state index in [2.05, 4.69) is 83.4 Å². The third-order valence-electron chi connectivity index (χ3n) is 4.50. The van der Waals surface area contributed by atoms with E-state index in [4.69, 9.17) is 4.74 Å². The lowest BCUT2D eigenvalue weighted by Gasteiger charge is -2.29. The lowest BCUT2D eigenvalue weighted by molar-refractivity contribution is 0.271. The van der Waals surface area contributed by atoms with Crippen LogP contribution in [0.1, 0.15) is 45.7 Å². The maximum Gasteiger partial charge on any atom is 0.125 e. The van der Waals surface area contributed by atoms with E-state index in [9.17, 15) is 0 Å². The summed E-state index contributed by atoms with van der Waals surface area (Å²) in [6.07, 6.45) is 2.35. The Balaban J connectivity index is 1.88. The molecule has 0 saturated carbocycles. The number of benzene rings is 1. The number of rotatable bonds is 6. The maximum absolute atomic E-state index is 6.04. The van der Waals surface area contributed by atoms with E-state index in [1.807, 2.05) is 0 Å². The van der Waals surface area contributed by atoms with Crippen molar-refractivity contribution in [1.82, 2.24) is 10.6 Å². The van der Waals surface area contributed by atoms with Crippen LogP contribution in [0.3, 0.4) is 0 Å². The molecule has 0 aromatic heterocycles. The third-order valence-corrected chi connectivity index (χ3v) is 4.50. The van der Waals surface area contributed by atoms with Crippen molar-refractivity contribution >= 4 is 0 Å². The van der Waals surface area contributed by atoms with E-state index in [1.165, 1.54) is 16.7 Å². The Hall–Kier alpha value is -1.32. The molecule has 0 bridgehead atoms. The van der Waals surface area contributed by atoms with E-state index in [-0.39, 0.29) is 11.1 Å². The first-order chi connectivity index (χ1) is 10.6. The number of aryl methyl sites for hydroxylation is 2. The molecule has 2 N–H and O–H groups in total. The molecule has 1 aromatic carbocycles. The van der Waals surface area contributed by atoms with Crippen LogP contribution in [0.25, 0.3) is 0 Å². The molecule has 1 unspecified atom stereocenters. The lowest BCUT2D eigenvalue weighted by Crippen LogP contribution is -2.47. The Kier molecular flexibility index (Phi) is 5.22. The first-order valence-corrected chi connectivity index (χ1v) is 8.55. The van der Waals surface area contributed by atoms with E-state index in [0.29, 0.717) is 12.6 Å². The van der Waals surface area contributed by atoms with Crippen LogP contribution in [0.2, 0.25) is 0 Å². The van der Waals surface area contributed by atoms with Gasteiger partial charge in [0.25, 0.3) is 0 Å². The summed E-state index contributed by atoms with van der Waals surface area (Å²) >= 11 is 0. The van der Waals surface area contributed by atoms with Gasteiger partial charge in [-0.25, -0.2) is 0 Å². The molecule has 1 heterocycles. The Labute approximate surface area is 141 Å². The molecule has 2 rings (SSSR count). The van der Waals surface area contributed by atoms with Crippen molar-refractivity contribution in [2.24, 2.45) is 0 Å². The van der Waals surface area contributed by atoms with Crippen LogP contribution in [0, 0.1) is 13.8 Å². The summed E-state index contributed by atoms with van der Waals surface area (Å²) in [5.74, 6) is 1.02. The lowest BCUT2D eigenvalue weighted by atomic mass is 9.96. The second-order valence-corrected chi connectivity index (χ2v) is 7.96. The molecule has 3 nitrogen and oxygen atoms in total. The van der Waals surface area contributed by atoms with Crippen LogP contribution in [0.5, 0.6) is 5.75 Å². The predicted molar refractivity (Wildman–Crippen MR) is 98.3 cm³/mol. The first-order valence-electron chi connectivity index (χ1n) is 8.55. The number of para-hydroxylation sites is 1. The van der Waals surface area contributed by atoms with Gasteiger partial charge in [0.15, 0.2) is 0 Å². The van der Waals surface area contributed by atoms with Gasteiger partial charge in [0.2, 0.25) is 0 Å². The zero-order valence-electron chi connectivity index (χ0n) is 15.7. The summed E-state index contributed by atoms with van der Waals surface area (Å²) in [7, 11) is 0. The average molecular weight is 316 g/mol. The molecule has 0 amide bonds. The maximum atomic E-state index is 6.04. The number of hydrogen-bond acceptors (Lipinski definition) is 3. The van der Waals surface area contributed by atoms with E-state index < -0.39 is 0 Å². The van der Waals surface area contributed by atoms with Crippen molar-refractivity contribution in [2.75, 3.05) is 13.2 Å². The largest absolute Gasteiger partial charge is 0.491 e.